The Labute approximate surface area is 98.4 Å². The predicted molar refractivity (Wildman–Crippen MR) is 62.1 cm³/mol. The van der Waals surface area contributed by atoms with Gasteiger partial charge in [0.25, 0.3) is 5.56 Å². The third-order valence-electron chi connectivity index (χ3n) is 1.93. The molecule has 1 rings (SSSR count). The van der Waals surface area contributed by atoms with Gasteiger partial charge in [0.2, 0.25) is 10.0 Å². The van der Waals surface area contributed by atoms with Gasteiger partial charge in [0, 0.05) is 19.8 Å². The SMILES string of the molecule is C=CCN(C)S(=O)(=O)c1c[nH]c(=O)c(Cl)c1. The number of nitrogens with zero attached hydrogens (tertiary/aromatic N) is 1. The lowest BCUT2D eigenvalue weighted by Crippen LogP contribution is -2.27. The molecule has 1 aromatic heterocycles. The maximum absolute atomic E-state index is 11.9. The Balaban J connectivity index is 3.22. The Bertz CT molecular complexity index is 550. The molecule has 0 aliphatic heterocycles. The number of rotatable bonds is 4. The Kier molecular flexibility index (Phi) is 3.90. The third kappa shape index (κ3) is 2.52. The van der Waals surface area contributed by atoms with Gasteiger partial charge in [-0.05, 0) is 6.07 Å². The van der Waals surface area contributed by atoms with Crippen molar-refractivity contribution in [1.82, 2.24) is 9.29 Å². The van der Waals surface area contributed by atoms with Crippen molar-refractivity contribution in [2.24, 2.45) is 0 Å². The molecule has 16 heavy (non-hydrogen) atoms. The van der Waals surface area contributed by atoms with Gasteiger partial charge in [0.1, 0.15) is 5.02 Å². The van der Waals surface area contributed by atoms with Crippen LogP contribution in [0.1, 0.15) is 0 Å². The first-order valence-corrected chi connectivity index (χ1v) is 6.17. The fraction of sp³-hybridized carbons (Fsp3) is 0.222. The van der Waals surface area contributed by atoms with Gasteiger partial charge in [0.15, 0.2) is 0 Å². The second kappa shape index (κ2) is 4.82. The number of hydrogen-bond acceptors (Lipinski definition) is 3. The summed E-state index contributed by atoms with van der Waals surface area (Å²) in [7, 11) is -2.22. The van der Waals surface area contributed by atoms with Crippen molar-refractivity contribution in [2.75, 3.05) is 13.6 Å². The lowest BCUT2D eigenvalue weighted by atomic mass is 10.5. The van der Waals surface area contributed by atoms with E-state index in [2.05, 4.69) is 11.6 Å². The average molecular weight is 263 g/mol. The monoisotopic (exact) mass is 262 g/mol. The van der Waals surface area contributed by atoms with Gasteiger partial charge in [-0.2, -0.15) is 4.31 Å². The van der Waals surface area contributed by atoms with Crippen LogP contribution in [0.3, 0.4) is 0 Å². The molecular weight excluding hydrogens is 252 g/mol. The van der Waals surface area contributed by atoms with Crippen molar-refractivity contribution in [3.63, 3.8) is 0 Å². The van der Waals surface area contributed by atoms with Crippen molar-refractivity contribution in [3.05, 3.63) is 40.3 Å². The van der Waals surface area contributed by atoms with Crippen LogP contribution in [0.15, 0.2) is 34.6 Å². The summed E-state index contributed by atoms with van der Waals surface area (Å²) in [4.78, 5) is 13.2. The first-order valence-electron chi connectivity index (χ1n) is 4.35. The minimum absolute atomic E-state index is 0.0542. The zero-order valence-electron chi connectivity index (χ0n) is 8.60. The number of halogens is 1. The van der Waals surface area contributed by atoms with Crippen molar-refractivity contribution in [1.29, 1.82) is 0 Å². The van der Waals surface area contributed by atoms with Crippen molar-refractivity contribution >= 4 is 21.6 Å². The summed E-state index contributed by atoms with van der Waals surface area (Å²) >= 11 is 5.55. The summed E-state index contributed by atoms with van der Waals surface area (Å²) < 4.78 is 24.9. The molecule has 0 radical (unpaired) electrons. The van der Waals surface area contributed by atoms with E-state index >= 15 is 0 Å². The molecule has 5 nitrogen and oxygen atoms in total. The first kappa shape index (κ1) is 13.0. The van der Waals surface area contributed by atoms with E-state index in [1.54, 1.807) is 0 Å². The predicted octanol–water partition coefficient (Wildman–Crippen LogP) is 0.835. The normalized spacial score (nSPS) is 11.7. The number of likely N-dealkylation sites (N-methyl/N-ethyl adjacent to an activating group) is 1. The molecule has 0 atom stereocenters. The highest BCUT2D eigenvalue weighted by Crippen LogP contribution is 2.14. The standard InChI is InChI=1S/C9H11ClN2O3S/c1-3-4-12(2)16(14,15)7-5-8(10)9(13)11-6-7/h3,5-6H,1,4H2,2H3,(H,11,13). The Hall–Kier alpha value is -1.11. The molecule has 0 amide bonds. The smallest absolute Gasteiger partial charge is 0.266 e. The molecule has 1 aromatic rings. The zero-order chi connectivity index (χ0) is 12.3. The van der Waals surface area contributed by atoms with E-state index in [4.69, 9.17) is 11.6 Å². The maximum Gasteiger partial charge on any atom is 0.266 e. The molecule has 1 N–H and O–H groups in total. The van der Waals surface area contributed by atoms with E-state index in [0.29, 0.717) is 0 Å². The molecular formula is C9H11ClN2O3S. The molecule has 0 aromatic carbocycles. The van der Waals surface area contributed by atoms with Gasteiger partial charge < -0.3 is 4.98 Å². The van der Waals surface area contributed by atoms with Gasteiger partial charge in [-0.1, -0.05) is 17.7 Å². The van der Waals surface area contributed by atoms with E-state index < -0.39 is 15.6 Å². The van der Waals surface area contributed by atoms with Gasteiger partial charge in [-0.25, -0.2) is 8.42 Å². The number of H-pyrrole nitrogens is 1. The topological polar surface area (TPSA) is 70.2 Å². The highest BCUT2D eigenvalue weighted by molar-refractivity contribution is 7.89. The maximum atomic E-state index is 11.9. The summed E-state index contributed by atoms with van der Waals surface area (Å²) in [6, 6.07) is 1.12. The third-order valence-corrected chi connectivity index (χ3v) is 4.01. The van der Waals surface area contributed by atoms with E-state index in [-0.39, 0.29) is 16.5 Å². The molecule has 1 heterocycles. The lowest BCUT2D eigenvalue weighted by molar-refractivity contribution is 0.499. The Morgan fingerprint density at radius 3 is 2.75 bits per heavy atom. The number of aromatic nitrogens is 1. The fourth-order valence-electron chi connectivity index (χ4n) is 1.05. The van der Waals surface area contributed by atoms with Crippen LogP contribution in [0.4, 0.5) is 0 Å². The molecule has 7 heteroatoms. The second-order valence-electron chi connectivity index (χ2n) is 3.09. The molecule has 0 aliphatic carbocycles. The molecule has 0 spiro atoms. The van der Waals surface area contributed by atoms with Gasteiger partial charge >= 0.3 is 0 Å². The van der Waals surface area contributed by atoms with Crippen molar-refractivity contribution in [3.8, 4) is 0 Å². The molecule has 0 fully saturated rings. The van der Waals surface area contributed by atoms with E-state index in [1.807, 2.05) is 0 Å². The van der Waals surface area contributed by atoms with Crippen LogP contribution in [0, 0.1) is 0 Å². The van der Waals surface area contributed by atoms with Gasteiger partial charge in [-0.15, -0.1) is 6.58 Å². The van der Waals surface area contributed by atoms with Gasteiger partial charge in [0.05, 0.1) is 4.90 Å². The molecule has 0 saturated carbocycles. The molecule has 0 aliphatic rings. The van der Waals surface area contributed by atoms with Crippen molar-refractivity contribution in [2.45, 2.75) is 4.90 Å². The van der Waals surface area contributed by atoms with Crippen LogP contribution in [0.5, 0.6) is 0 Å². The first-order chi connectivity index (χ1) is 7.39. The van der Waals surface area contributed by atoms with Crippen LogP contribution >= 0.6 is 11.6 Å². The van der Waals surface area contributed by atoms with Crippen LogP contribution in [0.2, 0.25) is 5.02 Å². The molecule has 0 bridgehead atoms. The Morgan fingerprint density at radius 1 is 1.62 bits per heavy atom. The van der Waals surface area contributed by atoms with Crippen LogP contribution in [0.25, 0.3) is 0 Å². The molecule has 0 saturated heterocycles. The number of hydrogen-bond donors (Lipinski definition) is 1. The largest absolute Gasteiger partial charge is 0.326 e. The highest BCUT2D eigenvalue weighted by Gasteiger charge is 2.20. The Morgan fingerprint density at radius 2 is 2.25 bits per heavy atom. The quantitative estimate of drug-likeness (QED) is 0.818. The number of pyridine rings is 1. The summed E-state index contributed by atoms with van der Waals surface area (Å²) in [6.07, 6.45) is 2.58. The summed E-state index contributed by atoms with van der Waals surface area (Å²) in [5.74, 6) is 0. The highest BCUT2D eigenvalue weighted by atomic mass is 35.5. The number of sulfonamides is 1. The summed E-state index contributed by atoms with van der Waals surface area (Å²) in [5, 5.41) is -0.159. The molecule has 0 unspecified atom stereocenters. The van der Waals surface area contributed by atoms with Crippen LogP contribution in [-0.2, 0) is 10.0 Å². The minimum atomic E-state index is -3.63. The fourth-order valence-corrected chi connectivity index (χ4v) is 2.42. The average Bonchev–Trinajstić information content (AvgIpc) is 2.22. The van der Waals surface area contributed by atoms with Crippen LogP contribution < -0.4 is 5.56 Å². The number of nitrogens with one attached hydrogen (secondary N) is 1. The van der Waals surface area contributed by atoms with E-state index in [0.717, 1.165) is 16.6 Å². The lowest BCUT2D eigenvalue weighted by Gasteiger charge is -2.14. The minimum Gasteiger partial charge on any atom is -0.326 e. The van der Waals surface area contributed by atoms with Crippen molar-refractivity contribution < 1.29 is 8.42 Å². The number of aromatic amines is 1. The summed E-state index contributed by atoms with van der Waals surface area (Å²) in [5.41, 5.74) is -0.521. The van der Waals surface area contributed by atoms with E-state index in [1.165, 1.54) is 13.1 Å². The zero-order valence-corrected chi connectivity index (χ0v) is 10.2. The second-order valence-corrected chi connectivity index (χ2v) is 5.54. The van der Waals surface area contributed by atoms with Crippen LogP contribution in [-0.4, -0.2) is 31.3 Å². The van der Waals surface area contributed by atoms with Gasteiger partial charge in [-0.3, -0.25) is 4.79 Å². The molecule has 88 valence electrons. The summed E-state index contributed by atoms with van der Waals surface area (Å²) in [6.45, 7) is 3.63. The van der Waals surface area contributed by atoms with E-state index in [9.17, 15) is 13.2 Å².